The first-order chi connectivity index (χ1) is 12.6. The molecule has 0 unspecified atom stereocenters. The second kappa shape index (κ2) is 8.80. The molecule has 2 aromatic rings. The molecule has 0 aromatic heterocycles. The van der Waals surface area contributed by atoms with Crippen molar-refractivity contribution in [1.82, 2.24) is 0 Å². The maximum Gasteiger partial charge on any atom is 0.343 e. The molecule has 0 heterocycles. The third-order valence-electron chi connectivity index (χ3n) is 3.73. The molecule has 138 valence electrons. The molecule has 26 heavy (non-hydrogen) atoms. The fourth-order valence-electron chi connectivity index (χ4n) is 2.46. The SMILES string of the molecule is C=CCc1cc(OC)ccc1OC(=O)c1cc(OC)c(OC)c(OC)c1. The van der Waals surface area contributed by atoms with Gasteiger partial charge in [-0.05, 0) is 36.8 Å². The Bertz CT molecular complexity index is 772. The summed E-state index contributed by atoms with van der Waals surface area (Å²) >= 11 is 0. The van der Waals surface area contributed by atoms with Gasteiger partial charge in [-0.2, -0.15) is 0 Å². The first-order valence-electron chi connectivity index (χ1n) is 7.87. The number of allylic oxidation sites excluding steroid dienone is 1. The number of rotatable bonds is 8. The Morgan fingerprint density at radius 3 is 2.08 bits per heavy atom. The van der Waals surface area contributed by atoms with Crippen molar-refractivity contribution in [3.05, 3.63) is 54.1 Å². The van der Waals surface area contributed by atoms with Crippen LogP contribution in [-0.4, -0.2) is 34.4 Å². The van der Waals surface area contributed by atoms with Crippen LogP contribution in [-0.2, 0) is 6.42 Å². The van der Waals surface area contributed by atoms with E-state index < -0.39 is 5.97 Å². The van der Waals surface area contributed by atoms with Crippen LogP contribution >= 0.6 is 0 Å². The topological polar surface area (TPSA) is 63.2 Å². The van der Waals surface area contributed by atoms with Gasteiger partial charge in [0.25, 0.3) is 0 Å². The van der Waals surface area contributed by atoms with Gasteiger partial charge in [0.05, 0.1) is 34.0 Å². The molecule has 0 aliphatic heterocycles. The molecule has 0 saturated heterocycles. The Morgan fingerprint density at radius 1 is 0.923 bits per heavy atom. The highest BCUT2D eigenvalue weighted by atomic mass is 16.5. The molecule has 0 radical (unpaired) electrons. The van der Waals surface area contributed by atoms with Crippen molar-refractivity contribution in [2.75, 3.05) is 28.4 Å². The lowest BCUT2D eigenvalue weighted by molar-refractivity contribution is 0.0732. The molecule has 0 N–H and O–H groups in total. The van der Waals surface area contributed by atoms with Gasteiger partial charge in [0.2, 0.25) is 5.75 Å². The predicted octanol–water partition coefficient (Wildman–Crippen LogP) is 3.67. The van der Waals surface area contributed by atoms with Crippen LogP contribution < -0.4 is 23.7 Å². The summed E-state index contributed by atoms with van der Waals surface area (Å²) in [5.41, 5.74) is 1.07. The zero-order valence-electron chi connectivity index (χ0n) is 15.3. The van der Waals surface area contributed by atoms with E-state index in [9.17, 15) is 4.79 Å². The van der Waals surface area contributed by atoms with Crippen LogP contribution in [0, 0.1) is 0 Å². The van der Waals surface area contributed by atoms with Crippen LogP contribution in [0.4, 0.5) is 0 Å². The first-order valence-corrected chi connectivity index (χ1v) is 7.87. The van der Waals surface area contributed by atoms with Crippen molar-refractivity contribution < 1.29 is 28.5 Å². The van der Waals surface area contributed by atoms with E-state index in [1.165, 1.54) is 21.3 Å². The zero-order valence-corrected chi connectivity index (χ0v) is 15.3. The summed E-state index contributed by atoms with van der Waals surface area (Å²) in [4.78, 5) is 12.6. The highest BCUT2D eigenvalue weighted by Crippen LogP contribution is 2.38. The number of carbonyl (C=O) groups excluding carboxylic acids is 1. The fourth-order valence-corrected chi connectivity index (χ4v) is 2.46. The molecule has 0 fully saturated rings. The van der Waals surface area contributed by atoms with Crippen molar-refractivity contribution in [2.24, 2.45) is 0 Å². The largest absolute Gasteiger partial charge is 0.497 e. The number of carbonyl (C=O) groups is 1. The summed E-state index contributed by atoms with van der Waals surface area (Å²) in [5, 5.41) is 0. The quantitative estimate of drug-likeness (QED) is 0.408. The van der Waals surface area contributed by atoms with Gasteiger partial charge in [0.1, 0.15) is 11.5 Å². The lowest BCUT2D eigenvalue weighted by Gasteiger charge is -2.14. The molecule has 0 aliphatic rings. The van der Waals surface area contributed by atoms with E-state index in [-0.39, 0.29) is 5.56 Å². The van der Waals surface area contributed by atoms with Gasteiger partial charge in [0, 0.05) is 5.56 Å². The molecule has 0 aliphatic carbocycles. The van der Waals surface area contributed by atoms with Gasteiger partial charge in [-0.3, -0.25) is 0 Å². The molecule has 6 heteroatoms. The number of hydrogen-bond acceptors (Lipinski definition) is 6. The normalized spacial score (nSPS) is 10.0. The van der Waals surface area contributed by atoms with E-state index in [4.69, 9.17) is 23.7 Å². The van der Waals surface area contributed by atoms with Crippen LogP contribution in [0.15, 0.2) is 43.0 Å². The van der Waals surface area contributed by atoms with Crippen molar-refractivity contribution in [3.63, 3.8) is 0 Å². The molecule has 0 amide bonds. The number of hydrogen-bond donors (Lipinski definition) is 0. The fraction of sp³-hybridized carbons (Fsp3) is 0.250. The Morgan fingerprint density at radius 2 is 1.58 bits per heavy atom. The third-order valence-corrected chi connectivity index (χ3v) is 3.73. The maximum absolute atomic E-state index is 12.6. The predicted molar refractivity (Wildman–Crippen MR) is 98.0 cm³/mol. The lowest BCUT2D eigenvalue weighted by Crippen LogP contribution is -2.11. The molecule has 0 atom stereocenters. The average molecular weight is 358 g/mol. The highest BCUT2D eigenvalue weighted by Gasteiger charge is 2.19. The molecule has 2 aromatic carbocycles. The molecule has 0 saturated carbocycles. The third kappa shape index (κ3) is 4.08. The Hall–Kier alpha value is -3.15. The van der Waals surface area contributed by atoms with E-state index in [1.54, 1.807) is 43.5 Å². The summed E-state index contributed by atoms with van der Waals surface area (Å²) in [6.45, 7) is 3.73. The molecule has 0 spiro atoms. The zero-order chi connectivity index (χ0) is 19.1. The smallest absolute Gasteiger partial charge is 0.343 e. The summed E-state index contributed by atoms with van der Waals surface area (Å²) < 4.78 is 26.6. The minimum absolute atomic E-state index is 0.278. The Kier molecular flexibility index (Phi) is 6.49. The number of methoxy groups -OCH3 is 4. The van der Waals surface area contributed by atoms with E-state index >= 15 is 0 Å². The van der Waals surface area contributed by atoms with Crippen LogP contribution in [0.5, 0.6) is 28.7 Å². The highest BCUT2D eigenvalue weighted by molar-refractivity contribution is 5.93. The van der Waals surface area contributed by atoms with Crippen molar-refractivity contribution in [3.8, 4) is 28.7 Å². The van der Waals surface area contributed by atoms with Gasteiger partial charge in [0.15, 0.2) is 11.5 Å². The van der Waals surface area contributed by atoms with Crippen molar-refractivity contribution >= 4 is 5.97 Å². The lowest BCUT2D eigenvalue weighted by atomic mass is 10.1. The number of ether oxygens (including phenoxy) is 5. The van der Waals surface area contributed by atoms with Gasteiger partial charge in [-0.15, -0.1) is 6.58 Å². The maximum atomic E-state index is 12.6. The number of benzene rings is 2. The standard InChI is InChI=1S/C20H22O6/c1-6-7-13-10-15(22-2)8-9-16(13)26-20(21)14-11-17(23-3)19(25-5)18(12-14)24-4/h6,8-12H,1,7H2,2-5H3. The first kappa shape index (κ1) is 19.2. The monoisotopic (exact) mass is 358 g/mol. The molecule has 0 bridgehead atoms. The van der Waals surface area contributed by atoms with Gasteiger partial charge in [-0.1, -0.05) is 6.08 Å². The van der Waals surface area contributed by atoms with Gasteiger partial charge in [-0.25, -0.2) is 4.79 Å². The minimum atomic E-state index is -0.542. The van der Waals surface area contributed by atoms with Crippen LogP contribution in [0.1, 0.15) is 15.9 Å². The Balaban J connectivity index is 2.37. The van der Waals surface area contributed by atoms with Crippen LogP contribution in [0.3, 0.4) is 0 Å². The van der Waals surface area contributed by atoms with Crippen LogP contribution in [0.2, 0.25) is 0 Å². The van der Waals surface area contributed by atoms with Gasteiger partial charge >= 0.3 is 5.97 Å². The van der Waals surface area contributed by atoms with Gasteiger partial charge < -0.3 is 23.7 Å². The van der Waals surface area contributed by atoms with E-state index in [2.05, 4.69) is 6.58 Å². The molecule has 2 rings (SSSR count). The molecule has 6 nitrogen and oxygen atoms in total. The molecular weight excluding hydrogens is 336 g/mol. The van der Waals surface area contributed by atoms with Crippen molar-refractivity contribution in [1.29, 1.82) is 0 Å². The van der Waals surface area contributed by atoms with Crippen LogP contribution in [0.25, 0.3) is 0 Å². The van der Waals surface area contributed by atoms with E-state index in [0.29, 0.717) is 35.2 Å². The second-order valence-electron chi connectivity index (χ2n) is 5.27. The second-order valence-corrected chi connectivity index (χ2v) is 5.27. The average Bonchev–Trinajstić information content (AvgIpc) is 2.67. The number of esters is 1. The summed E-state index contributed by atoms with van der Waals surface area (Å²) in [7, 11) is 6.04. The van der Waals surface area contributed by atoms with E-state index in [1.807, 2.05) is 0 Å². The summed E-state index contributed by atoms with van der Waals surface area (Å²) in [5.74, 6) is 1.72. The molecular formula is C20H22O6. The summed E-state index contributed by atoms with van der Waals surface area (Å²) in [6, 6.07) is 8.30. The Labute approximate surface area is 152 Å². The minimum Gasteiger partial charge on any atom is -0.497 e. The van der Waals surface area contributed by atoms with Crippen molar-refractivity contribution in [2.45, 2.75) is 6.42 Å². The van der Waals surface area contributed by atoms with E-state index in [0.717, 1.165) is 5.56 Å². The summed E-state index contributed by atoms with van der Waals surface area (Å²) in [6.07, 6.45) is 2.26.